The maximum absolute atomic E-state index is 12.8. The quantitative estimate of drug-likeness (QED) is 0.786. The summed E-state index contributed by atoms with van der Waals surface area (Å²) in [6, 6.07) is 5.48. The van der Waals surface area contributed by atoms with Crippen LogP contribution < -0.4 is 10.1 Å². The van der Waals surface area contributed by atoms with E-state index in [1.54, 1.807) is 6.07 Å². The van der Waals surface area contributed by atoms with E-state index < -0.39 is 9.84 Å². The van der Waals surface area contributed by atoms with Crippen molar-refractivity contribution in [3.63, 3.8) is 0 Å². The summed E-state index contributed by atoms with van der Waals surface area (Å²) >= 11 is 0. The summed E-state index contributed by atoms with van der Waals surface area (Å²) in [5.74, 6) is 1.87. The van der Waals surface area contributed by atoms with E-state index >= 15 is 0 Å². The molecule has 1 aliphatic heterocycles. The standard InChI is InChI=1S/C21H30N2O4S/c1-27-20-8-7-17(28(2,25)26)12-18(20)21(24)22-13-16-4-3-9-23(16)19-11-14-5-6-15(19)10-14/h7-8,12,14-16,19H,3-6,9-11,13H2,1-2H3,(H,22,24). The molecule has 6 nitrogen and oxygen atoms in total. The highest BCUT2D eigenvalue weighted by Crippen LogP contribution is 2.48. The lowest BCUT2D eigenvalue weighted by Gasteiger charge is -2.36. The van der Waals surface area contributed by atoms with E-state index in [4.69, 9.17) is 4.74 Å². The van der Waals surface area contributed by atoms with E-state index in [9.17, 15) is 13.2 Å². The van der Waals surface area contributed by atoms with Crippen LogP contribution in [0.5, 0.6) is 5.75 Å². The molecule has 0 radical (unpaired) electrons. The van der Waals surface area contributed by atoms with Crippen LogP contribution in [0, 0.1) is 11.8 Å². The first-order valence-corrected chi connectivity index (χ1v) is 12.2. The summed E-state index contributed by atoms with van der Waals surface area (Å²) in [5.41, 5.74) is 0.273. The van der Waals surface area contributed by atoms with Gasteiger partial charge in [0, 0.05) is 24.9 Å². The number of amides is 1. The highest BCUT2D eigenvalue weighted by Gasteiger charge is 2.45. The van der Waals surface area contributed by atoms with Gasteiger partial charge in [-0.05, 0) is 68.7 Å². The van der Waals surface area contributed by atoms with Gasteiger partial charge in [-0.2, -0.15) is 0 Å². The first-order valence-electron chi connectivity index (χ1n) is 10.3. The molecule has 2 bridgehead atoms. The summed E-state index contributed by atoms with van der Waals surface area (Å²) in [7, 11) is -1.90. The number of nitrogens with one attached hydrogen (secondary N) is 1. The van der Waals surface area contributed by atoms with E-state index in [1.807, 2.05) is 0 Å². The Kier molecular flexibility index (Phi) is 5.40. The number of fused-ring (bicyclic) bond motifs is 2. The Morgan fingerprint density at radius 2 is 2.07 bits per heavy atom. The van der Waals surface area contributed by atoms with Crippen molar-refractivity contribution in [1.82, 2.24) is 10.2 Å². The molecule has 0 aromatic heterocycles. The molecule has 4 atom stereocenters. The second-order valence-corrected chi connectivity index (χ2v) is 10.6. The van der Waals surface area contributed by atoms with Gasteiger partial charge in [-0.15, -0.1) is 0 Å². The third-order valence-electron chi connectivity index (χ3n) is 6.89. The fraction of sp³-hybridized carbons (Fsp3) is 0.667. The van der Waals surface area contributed by atoms with Gasteiger partial charge < -0.3 is 10.1 Å². The number of sulfone groups is 1. The number of hydrogen-bond acceptors (Lipinski definition) is 5. The fourth-order valence-corrected chi connectivity index (χ4v) is 6.18. The Hall–Kier alpha value is -1.60. The fourth-order valence-electron chi connectivity index (χ4n) is 5.53. The SMILES string of the molecule is COc1ccc(S(C)(=O)=O)cc1C(=O)NCC1CCCN1C1CC2CCC1C2. The van der Waals surface area contributed by atoms with Gasteiger partial charge in [0.05, 0.1) is 17.6 Å². The first kappa shape index (κ1) is 19.7. The van der Waals surface area contributed by atoms with E-state index in [2.05, 4.69) is 10.2 Å². The molecule has 1 amide bonds. The number of carbonyl (C=O) groups is 1. The smallest absolute Gasteiger partial charge is 0.255 e. The van der Waals surface area contributed by atoms with Gasteiger partial charge in [0.2, 0.25) is 0 Å². The summed E-state index contributed by atoms with van der Waals surface area (Å²) in [5, 5.41) is 3.04. The number of likely N-dealkylation sites (tertiary alicyclic amines) is 1. The minimum Gasteiger partial charge on any atom is -0.496 e. The van der Waals surface area contributed by atoms with Crippen LogP contribution in [0.25, 0.3) is 0 Å². The van der Waals surface area contributed by atoms with Crippen LogP contribution in [0.4, 0.5) is 0 Å². The van der Waals surface area contributed by atoms with Gasteiger partial charge in [0.15, 0.2) is 9.84 Å². The molecule has 3 aliphatic rings. The molecule has 4 unspecified atom stereocenters. The molecule has 1 aromatic carbocycles. The Balaban J connectivity index is 1.44. The molecule has 7 heteroatoms. The summed E-state index contributed by atoms with van der Waals surface area (Å²) in [6.07, 6.45) is 8.89. The van der Waals surface area contributed by atoms with Crippen LogP contribution in [0.2, 0.25) is 0 Å². The van der Waals surface area contributed by atoms with Gasteiger partial charge in [0.1, 0.15) is 5.75 Å². The van der Waals surface area contributed by atoms with Crippen molar-refractivity contribution in [3.05, 3.63) is 23.8 Å². The number of carbonyl (C=O) groups excluding carboxylic acids is 1. The molecular formula is C21H30N2O4S. The molecular weight excluding hydrogens is 376 g/mol. The predicted molar refractivity (Wildman–Crippen MR) is 107 cm³/mol. The van der Waals surface area contributed by atoms with E-state index in [-0.39, 0.29) is 16.4 Å². The lowest BCUT2D eigenvalue weighted by Crippen LogP contribution is -2.47. The van der Waals surface area contributed by atoms with Gasteiger partial charge in [0.25, 0.3) is 5.91 Å². The van der Waals surface area contributed by atoms with Crippen molar-refractivity contribution < 1.29 is 17.9 Å². The van der Waals surface area contributed by atoms with Crippen molar-refractivity contribution in [3.8, 4) is 5.75 Å². The van der Waals surface area contributed by atoms with E-state index in [0.29, 0.717) is 24.4 Å². The molecule has 3 fully saturated rings. The van der Waals surface area contributed by atoms with Crippen molar-refractivity contribution in [2.75, 3.05) is 26.5 Å². The Labute approximate surface area is 167 Å². The van der Waals surface area contributed by atoms with E-state index in [1.165, 1.54) is 51.3 Å². The number of rotatable bonds is 6. The molecule has 2 aliphatic carbocycles. The average molecular weight is 407 g/mol. The highest BCUT2D eigenvalue weighted by atomic mass is 32.2. The van der Waals surface area contributed by atoms with Crippen LogP contribution in [0.15, 0.2) is 23.1 Å². The third-order valence-corrected chi connectivity index (χ3v) is 8.00. The molecule has 0 spiro atoms. The lowest BCUT2D eigenvalue weighted by atomic mass is 9.93. The minimum absolute atomic E-state index is 0.128. The largest absolute Gasteiger partial charge is 0.496 e. The Bertz CT molecular complexity index is 854. The zero-order chi connectivity index (χ0) is 19.9. The number of nitrogens with zero attached hydrogens (tertiary/aromatic N) is 1. The lowest BCUT2D eigenvalue weighted by molar-refractivity contribution is 0.0909. The topological polar surface area (TPSA) is 75.7 Å². The monoisotopic (exact) mass is 406 g/mol. The highest BCUT2D eigenvalue weighted by molar-refractivity contribution is 7.90. The van der Waals surface area contributed by atoms with Crippen molar-refractivity contribution in [2.24, 2.45) is 11.8 Å². The Morgan fingerprint density at radius 1 is 1.25 bits per heavy atom. The van der Waals surface area contributed by atoms with Crippen molar-refractivity contribution in [2.45, 2.75) is 55.5 Å². The minimum atomic E-state index is -3.38. The number of hydrogen-bond donors (Lipinski definition) is 1. The van der Waals surface area contributed by atoms with Crippen LogP contribution in [0.3, 0.4) is 0 Å². The molecule has 2 saturated carbocycles. The van der Waals surface area contributed by atoms with Gasteiger partial charge in [-0.25, -0.2) is 8.42 Å². The number of methoxy groups -OCH3 is 1. The van der Waals surface area contributed by atoms with Crippen molar-refractivity contribution in [1.29, 1.82) is 0 Å². The van der Waals surface area contributed by atoms with Crippen LogP contribution in [-0.4, -0.2) is 57.8 Å². The molecule has 1 aromatic rings. The van der Waals surface area contributed by atoms with Gasteiger partial charge in [-0.1, -0.05) is 6.42 Å². The Morgan fingerprint density at radius 3 is 2.71 bits per heavy atom. The summed E-state index contributed by atoms with van der Waals surface area (Å²) in [4.78, 5) is 15.6. The van der Waals surface area contributed by atoms with E-state index in [0.717, 1.165) is 31.1 Å². The van der Waals surface area contributed by atoms with Crippen LogP contribution >= 0.6 is 0 Å². The summed E-state index contributed by atoms with van der Waals surface area (Å²) in [6.45, 7) is 1.72. The van der Waals surface area contributed by atoms with Crippen LogP contribution in [-0.2, 0) is 9.84 Å². The molecule has 1 heterocycles. The average Bonchev–Trinajstić information content (AvgIpc) is 3.41. The first-order chi connectivity index (χ1) is 13.4. The number of benzene rings is 1. The predicted octanol–water partition coefficient (Wildman–Crippen LogP) is 2.48. The van der Waals surface area contributed by atoms with Gasteiger partial charge in [-0.3, -0.25) is 9.69 Å². The summed E-state index contributed by atoms with van der Waals surface area (Å²) < 4.78 is 29.0. The molecule has 1 saturated heterocycles. The molecule has 154 valence electrons. The normalized spacial score (nSPS) is 29.9. The zero-order valence-electron chi connectivity index (χ0n) is 16.7. The zero-order valence-corrected chi connectivity index (χ0v) is 17.5. The van der Waals surface area contributed by atoms with Gasteiger partial charge >= 0.3 is 0 Å². The maximum Gasteiger partial charge on any atom is 0.255 e. The van der Waals surface area contributed by atoms with Crippen LogP contribution in [0.1, 0.15) is 48.9 Å². The molecule has 1 N–H and O–H groups in total. The second kappa shape index (κ2) is 7.67. The maximum atomic E-state index is 12.8. The second-order valence-electron chi connectivity index (χ2n) is 8.62. The molecule has 4 rings (SSSR count). The van der Waals surface area contributed by atoms with Crippen molar-refractivity contribution >= 4 is 15.7 Å². The third kappa shape index (κ3) is 3.79. The molecule has 28 heavy (non-hydrogen) atoms. The number of ether oxygens (including phenoxy) is 1.